The number of rotatable bonds is 19. The van der Waals surface area contributed by atoms with Crippen molar-refractivity contribution >= 4 is 23.9 Å². The molecule has 1 aromatic carbocycles. The van der Waals surface area contributed by atoms with Crippen molar-refractivity contribution in [2.24, 2.45) is 0 Å². The molecule has 0 bridgehead atoms. The Morgan fingerprint density at radius 1 is 0.653 bits per heavy atom. The number of carboxylic acid groups (broad SMARTS) is 4. The van der Waals surface area contributed by atoms with Gasteiger partial charge in [0.1, 0.15) is 29.9 Å². The van der Waals surface area contributed by atoms with E-state index in [1.54, 1.807) is 4.90 Å². The standard InChI is InChI=1S/C32H52N4O12.Gd/c1-2-3-18-48-24-8-4-6-23(19-24)7-5-9-25(29(40)41)33-10-12-34(26(20-37)30(42)43)14-16-36(28(22-39)32(46)47)17-15-35(13-11-33)27(21-38)31(44)45;/h4,6,8,19,25-28,37-39H,2-3,5,7,9-18,20-22H2,1H3,(H,40,41)(H,42,43)(H,44,45)(H,46,47);/t25-,26-,27?,28-;/m0./s1. The molecule has 1 aromatic rings. The third-order valence-corrected chi connectivity index (χ3v) is 8.73. The molecule has 1 aliphatic rings. The van der Waals surface area contributed by atoms with E-state index in [-0.39, 0.29) is 98.7 Å². The summed E-state index contributed by atoms with van der Waals surface area (Å²) in [6.07, 6.45) is 3.23. The first-order valence-electron chi connectivity index (χ1n) is 16.4. The average molecular weight is 842 g/mol. The van der Waals surface area contributed by atoms with E-state index < -0.39 is 67.9 Å². The molecule has 4 atom stereocenters. The van der Waals surface area contributed by atoms with E-state index in [1.165, 1.54) is 14.7 Å². The Labute approximate surface area is 318 Å². The van der Waals surface area contributed by atoms with Crippen LogP contribution >= 0.6 is 0 Å². The number of carboxylic acids is 4. The Hall–Kier alpha value is -2.06. The molecule has 0 saturated carbocycles. The molecule has 7 N–H and O–H groups in total. The number of hydrogen-bond acceptors (Lipinski definition) is 12. The average Bonchev–Trinajstić information content (AvgIpc) is 3.03. The first-order valence-corrected chi connectivity index (χ1v) is 16.4. The molecule has 1 fully saturated rings. The first-order chi connectivity index (χ1) is 23.0. The number of carbonyl (C=O) groups is 4. The van der Waals surface area contributed by atoms with Gasteiger partial charge in [0.25, 0.3) is 0 Å². The number of unbranched alkanes of at least 4 members (excludes halogenated alkanes) is 1. The van der Waals surface area contributed by atoms with Gasteiger partial charge in [-0.2, -0.15) is 0 Å². The van der Waals surface area contributed by atoms with Gasteiger partial charge in [0, 0.05) is 92.3 Å². The second-order valence-electron chi connectivity index (χ2n) is 11.8. The summed E-state index contributed by atoms with van der Waals surface area (Å²) in [5, 5.41) is 69.3. The van der Waals surface area contributed by atoms with Crippen LogP contribution in [0, 0.1) is 39.9 Å². The maximum atomic E-state index is 12.6. The van der Waals surface area contributed by atoms with E-state index in [9.17, 15) is 54.9 Å². The molecule has 1 saturated heterocycles. The second-order valence-corrected chi connectivity index (χ2v) is 11.8. The summed E-state index contributed by atoms with van der Waals surface area (Å²) >= 11 is 0. The van der Waals surface area contributed by atoms with Crippen LogP contribution in [0.25, 0.3) is 0 Å². The van der Waals surface area contributed by atoms with Crippen molar-refractivity contribution in [3.05, 3.63) is 29.8 Å². The molecule has 0 aromatic heterocycles. The van der Waals surface area contributed by atoms with E-state index in [2.05, 4.69) is 6.92 Å². The molecule has 280 valence electrons. The molecule has 1 aliphatic heterocycles. The van der Waals surface area contributed by atoms with Gasteiger partial charge in [-0.25, -0.2) is 0 Å². The number of aliphatic hydroxyl groups is 3. The van der Waals surface area contributed by atoms with Crippen molar-refractivity contribution in [3.63, 3.8) is 0 Å². The Kier molecular flexibility index (Phi) is 22.2. The normalized spacial score (nSPS) is 18.5. The fourth-order valence-corrected chi connectivity index (χ4v) is 5.86. The van der Waals surface area contributed by atoms with Gasteiger partial charge in [0.2, 0.25) is 0 Å². The van der Waals surface area contributed by atoms with Crippen LogP contribution in [0.2, 0.25) is 0 Å². The molecule has 2 rings (SSSR count). The number of aryl methyl sites for hydroxylation is 1. The van der Waals surface area contributed by atoms with Crippen LogP contribution in [0.3, 0.4) is 0 Å². The number of benzene rings is 1. The Bertz CT molecular complexity index is 1130. The largest absolute Gasteiger partial charge is 0.494 e. The number of aliphatic hydroxyl groups excluding tert-OH is 3. The molecule has 16 nitrogen and oxygen atoms in total. The summed E-state index contributed by atoms with van der Waals surface area (Å²) in [6, 6.07) is 2.51. The van der Waals surface area contributed by atoms with Gasteiger partial charge in [-0.1, -0.05) is 25.5 Å². The minimum absolute atomic E-state index is 0. The van der Waals surface area contributed by atoms with Gasteiger partial charge in [-0.15, -0.1) is 0 Å². The summed E-state index contributed by atoms with van der Waals surface area (Å²) in [7, 11) is 0. The zero-order valence-corrected chi connectivity index (χ0v) is 30.2. The van der Waals surface area contributed by atoms with E-state index >= 15 is 0 Å². The molecule has 17 heteroatoms. The smallest absolute Gasteiger partial charge is 0.323 e. The third kappa shape index (κ3) is 15.0. The molecule has 0 aliphatic carbocycles. The molecular formula is C32H52GdN4O12. The summed E-state index contributed by atoms with van der Waals surface area (Å²) in [6.45, 7) is 0.260. The fourth-order valence-electron chi connectivity index (χ4n) is 5.86. The molecule has 1 heterocycles. The van der Waals surface area contributed by atoms with Crippen molar-refractivity contribution in [2.45, 2.75) is 63.2 Å². The maximum absolute atomic E-state index is 12.6. The zero-order valence-electron chi connectivity index (χ0n) is 28.0. The van der Waals surface area contributed by atoms with Gasteiger partial charge in [0.15, 0.2) is 0 Å². The molecule has 0 spiro atoms. The van der Waals surface area contributed by atoms with Crippen LogP contribution < -0.4 is 4.74 Å². The molecule has 49 heavy (non-hydrogen) atoms. The van der Waals surface area contributed by atoms with Crippen LogP contribution in [-0.4, -0.2) is 182 Å². The van der Waals surface area contributed by atoms with Crippen molar-refractivity contribution in [3.8, 4) is 5.75 Å². The van der Waals surface area contributed by atoms with Crippen molar-refractivity contribution in [1.29, 1.82) is 0 Å². The number of nitrogens with zero attached hydrogens (tertiary/aromatic N) is 4. The minimum atomic E-state index is -1.37. The topological polar surface area (TPSA) is 232 Å². The predicted molar refractivity (Wildman–Crippen MR) is 173 cm³/mol. The monoisotopic (exact) mass is 842 g/mol. The van der Waals surface area contributed by atoms with Crippen molar-refractivity contribution < 1.29 is 99.6 Å². The number of aliphatic carboxylic acids is 4. The minimum Gasteiger partial charge on any atom is -0.494 e. The summed E-state index contributed by atoms with van der Waals surface area (Å²) in [5.41, 5.74) is 0.978. The fraction of sp³-hybridized carbons (Fsp3) is 0.688. The van der Waals surface area contributed by atoms with E-state index in [1.807, 2.05) is 24.3 Å². The second kappa shape index (κ2) is 24.2. The van der Waals surface area contributed by atoms with Gasteiger partial charge < -0.3 is 40.5 Å². The molecule has 1 unspecified atom stereocenters. The van der Waals surface area contributed by atoms with E-state index in [0.717, 1.165) is 24.2 Å². The van der Waals surface area contributed by atoms with Gasteiger partial charge >= 0.3 is 23.9 Å². The van der Waals surface area contributed by atoms with E-state index in [0.29, 0.717) is 19.4 Å². The Balaban J connectivity index is 0.0000120. The van der Waals surface area contributed by atoms with Crippen LogP contribution in [0.4, 0.5) is 0 Å². The van der Waals surface area contributed by atoms with Crippen LogP contribution in [0.1, 0.15) is 38.2 Å². The van der Waals surface area contributed by atoms with Crippen LogP contribution in [-0.2, 0) is 25.6 Å². The first kappa shape index (κ1) is 45.0. The predicted octanol–water partition coefficient (Wildman–Crippen LogP) is -0.800. The Morgan fingerprint density at radius 2 is 1.04 bits per heavy atom. The SMILES string of the molecule is CCCCOc1cccc(CCC[C@@H](C(=O)O)N2CCN(C(CO)C(=O)O)CCN([C@@H](CO)C(=O)O)CCN([C@@H](CO)C(=O)O)CC2)c1.[Gd]. The van der Waals surface area contributed by atoms with Crippen LogP contribution in [0.15, 0.2) is 24.3 Å². The summed E-state index contributed by atoms with van der Waals surface area (Å²) < 4.78 is 5.79. The maximum Gasteiger partial charge on any atom is 0.323 e. The van der Waals surface area contributed by atoms with E-state index in [4.69, 9.17) is 4.74 Å². The van der Waals surface area contributed by atoms with Gasteiger partial charge in [-0.3, -0.25) is 38.8 Å². The van der Waals surface area contributed by atoms with Crippen molar-refractivity contribution in [2.75, 3.05) is 78.8 Å². The van der Waals surface area contributed by atoms with Gasteiger partial charge in [-0.05, 0) is 43.4 Å². The Morgan fingerprint density at radius 3 is 1.39 bits per heavy atom. The summed E-state index contributed by atoms with van der Waals surface area (Å²) in [5.74, 6) is -4.32. The zero-order chi connectivity index (χ0) is 35.6. The number of ether oxygens (including phenoxy) is 1. The van der Waals surface area contributed by atoms with Crippen molar-refractivity contribution in [1.82, 2.24) is 19.6 Å². The number of hydrogen-bond donors (Lipinski definition) is 7. The molecule has 0 radical (unpaired) electrons. The quantitative estimate of drug-likeness (QED) is 0.0846. The third-order valence-electron chi connectivity index (χ3n) is 8.73. The van der Waals surface area contributed by atoms with Crippen LogP contribution in [0.5, 0.6) is 5.75 Å². The molecule has 0 amide bonds. The summed E-state index contributed by atoms with van der Waals surface area (Å²) in [4.78, 5) is 54.6. The van der Waals surface area contributed by atoms with Gasteiger partial charge in [0.05, 0.1) is 26.4 Å². The molecular weight excluding hydrogens is 790 g/mol.